The number of aromatic carboxylic acids is 1. The Morgan fingerprint density at radius 2 is 1.05 bits per heavy atom. The van der Waals surface area contributed by atoms with E-state index in [-0.39, 0.29) is 31.5 Å². The van der Waals surface area contributed by atoms with Crippen LogP contribution in [0.25, 0.3) is 42.0 Å². The number of nitrogens with zero attached hydrogens (tertiary/aromatic N) is 3. The van der Waals surface area contributed by atoms with Crippen LogP contribution in [0.3, 0.4) is 0 Å². The second kappa shape index (κ2) is 19.8. The minimum atomic E-state index is -2.67. The van der Waals surface area contributed by atoms with Crippen molar-refractivity contribution in [3.05, 3.63) is 110 Å². The van der Waals surface area contributed by atoms with Gasteiger partial charge in [0.1, 0.15) is 33.1 Å². The summed E-state index contributed by atoms with van der Waals surface area (Å²) in [5, 5.41) is 16.4. The van der Waals surface area contributed by atoms with E-state index < -0.39 is 55.3 Å². The molecule has 2 amide bonds. The highest BCUT2D eigenvalue weighted by molar-refractivity contribution is 7.21. The lowest BCUT2D eigenvalue weighted by Gasteiger charge is -2.11. The van der Waals surface area contributed by atoms with Gasteiger partial charge in [0.25, 0.3) is 24.7 Å². The van der Waals surface area contributed by atoms with E-state index in [4.69, 9.17) is 24.1 Å². The van der Waals surface area contributed by atoms with Crippen LogP contribution in [0.1, 0.15) is 60.3 Å². The van der Waals surface area contributed by atoms with Crippen LogP contribution in [0.15, 0.2) is 73.2 Å². The third kappa shape index (κ3) is 9.01. The number of amides is 2. The molecule has 0 unspecified atom stereocenters. The number of hydrogen-bond donors (Lipinski definition) is 3. The number of carboxylic acids is 1. The van der Waals surface area contributed by atoms with Crippen LogP contribution in [-0.2, 0) is 0 Å². The predicted molar refractivity (Wildman–Crippen MR) is 240 cm³/mol. The number of ketones is 2. The first-order valence-electron chi connectivity index (χ1n) is 19.1. The Morgan fingerprint density at radius 3 is 1.53 bits per heavy atom. The Bertz CT molecular complexity index is 3040. The molecule has 0 saturated heterocycles. The van der Waals surface area contributed by atoms with E-state index in [1.807, 2.05) is 17.4 Å². The molecule has 6 aromatic heterocycles. The number of fused-ring (bicyclic) bond motifs is 6. The molecule has 22 heteroatoms. The zero-order valence-electron chi connectivity index (χ0n) is 34.7. The van der Waals surface area contributed by atoms with Crippen molar-refractivity contribution in [2.24, 2.45) is 0 Å². The molecule has 0 fully saturated rings. The van der Waals surface area contributed by atoms with Gasteiger partial charge in [-0.1, -0.05) is 0 Å². The van der Waals surface area contributed by atoms with Gasteiger partial charge in [-0.05, 0) is 54.6 Å². The standard InChI is InChI=1S/C16H14F2N2O3S.C14H8F2N2O3S.C14H11NO4S/c1-22-13-8-4-3-5-19-12(8)14(23-2)15-9(13)6-10(24-15)16(21)20-7-11(17)18;15-9(16)5-18-14(21)8-4-7-11(19)6-2-1-3-17-10(6)12(20)13(7)22-8;1-18-11-7-4-3-5-15-10(7)12(19-2)13-8(11)6-9(20-13)14(16)17/h3-6,11H,7H2,1-2H3,(H,20,21);1-4,9H,5H2,(H,18,21);3-6H,1-2H3,(H,16,17). The van der Waals surface area contributed by atoms with E-state index in [0.717, 1.165) is 54.9 Å². The number of thiophene rings is 3. The quantitative estimate of drug-likeness (QED) is 0.104. The summed E-state index contributed by atoms with van der Waals surface area (Å²) < 4.78 is 72.1. The van der Waals surface area contributed by atoms with Crippen LogP contribution in [0, 0.1) is 0 Å². The normalized spacial score (nSPS) is 11.7. The van der Waals surface area contributed by atoms with Gasteiger partial charge in [0.2, 0.25) is 5.78 Å². The number of carbonyl (C=O) groups excluding carboxylic acids is 4. The number of ether oxygens (including phenoxy) is 4. The fraction of sp³-hybridized carbons (Fsp3) is 0.182. The largest absolute Gasteiger partial charge is 0.495 e. The van der Waals surface area contributed by atoms with Crippen LogP contribution < -0.4 is 29.6 Å². The minimum Gasteiger partial charge on any atom is -0.495 e. The fourth-order valence-electron chi connectivity index (χ4n) is 6.91. The van der Waals surface area contributed by atoms with Gasteiger partial charge in [0.05, 0.1) is 71.1 Å². The molecule has 8 aromatic rings. The summed E-state index contributed by atoms with van der Waals surface area (Å²) in [6.45, 7) is -1.48. The fourth-order valence-corrected chi connectivity index (χ4v) is 10.0. The van der Waals surface area contributed by atoms with Crippen molar-refractivity contribution in [2.45, 2.75) is 12.9 Å². The molecule has 1 aliphatic rings. The van der Waals surface area contributed by atoms with Gasteiger partial charge >= 0.3 is 5.97 Å². The van der Waals surface area contributed by atoms with Crippen LogP contribution in [-0.4, -0.2) is 104 Å². The van der Waals surface area contributed by atoms with Gasteiger partial charge in [-0.3, -0.25) is 34.1 Å². The van der Waals surface area contributed by atoms with E-state index >= 15 is 0 Å². The molecule has 2 aromatic carbocycles. The van der Waals surface area contributed by atoms with E-state index in [1.165, 1.54) is 38.6 Å². The number of hydrogen-bond acceptors (Lipinski definition) is 15. The lowest BCUT2D eigenvalue weighted by molar-refractivity contribution is 0.0701. The zero-order chi connectivity index (χ0) is 47.4. The number of halogens is 4. The SMILES string of the molecule is COc1c2cccnc2c(OC)c2sc(C(=O)NCC(F)F)cc12.COc1c2cccnc2c(OC)c2sc(C(=O)O)cc12.O=C(NCC(F)F)c1cc2c(s1)C(=O)c1ncccc1C2=O. The number of nitrogens with one attached hydrogen (secondary N) is 2. The van der Waals surface area contributed by atoms with Crippen molar-refractivity contribution in [3.63, 3.8) is 0 Å². The Kier molecular flexibility index (Phi) is 14.0. The molecule has 6 heterocycles. The van der Waals surface area contributed by atoms with E-state index in [1.54, 1.807) is 50.9 Å². The number of methoxy groups -OCH3 is 4. The van der Waals surface area contributed by atoms with E-state index in [9.17, 15) is 41.5 Å². The van der Waals surface area contributed by atoms with Gasteiger partial charge in [-0.2, -0.15) is 0 Å². The molecule has 15 nitrogen and oxygen atoms in total. The van der Waals surface area contributed by atoms with Gasteiger partial charge in [0.15, 0.2) is 17.3 Å². The number of aromatic nitrogens is 3. The summed E-state index contributed by atoms with van der Waals surface area (Å²) >= 11 is 3.11. The van der Waals surface area contributed by atoms with Gasteiger partial charge in [-0.25, -0.2) is 22.4 Å². The molecule has 0 atom stereocenters. The maximum absolute atomic E-state index is 12.3. The summed E-state index contributed by atoms with van der Waals surface area (Å²) in [7, 11) is 6.16. The van der Waals surface area contributed by atoms with Crippen molar-refractivity contribution in [3.8, 4) is 23.0 Å². The maximum atomic E-state index is 12.3. The average molecular weight is 964 g/mol. The van der Waals surface area contributed by atoms with Gasteiger partial charge in [-0.15, -0.1) is 34.0 Å². The molecule has 0 saturated carbocycles. The number of carbonyl (C=O) groups is 5. The van der Waals surface area contributed by atoms with Gasteiger partial charge in [0, 0.05) is 45.7 Å². The molecule has 0 spiro atoms. The first-order valence-corrected chi connectivity index (χ1v) is 21.6. The Labute approximate surface area is 381 Å². The molecule has 3 N–H and O–H groups in total. The summed E-state index contributed by atoms with van der Waals surface area (Å²) in [4.78, 5) is 72.9. The smallest absolute Gasteiger partial charge is 0.345 e. The summed E-state index contributed by atoms with van der Waals surface area (Å²) in [6.07, 6.45) is -0.560. The molecule has 0 aliphatic heterocycles. The number of benzene rings is 2. The zero-order valence-corrected chi connectivity index (χ0v) is 37.1. The summed E-state index contributed by atoms with van der Waals surface area (Å²) in [5.74, 6) is -0.814. The molecule has 66 heavy (non-hydrogen) atoms. The minimum absolute atomic E-state index is 0.0418. The van der Waals surface area contributed by atoms with Crippen LogP contribution >= 0.6 is 34.0 Å². The van der Waals surface area contributed by atoms with Crippen molar-refractivity contribution in [1.29, 1.82) is 0 Å². The number of rotatable bonds is 11. The second-order valence-electron chi connectivity index (χ2n) is 13.6. The van der Waals surface area contributed by atoms with Crippen LogP contribution in [0.5, 0.6) is 23.0 Å². The highest BCUT2D eigenvalue weighted by atomic mass is 32.1. The lowest BCUT2D eigenvalue weighted by atomic mass is 9.93. The van der Waals surface area contributed by atoms with Crippen molar-refractivity contribution in [1.82, 2.24) is 25.6 Å². The molecule has 0 bridgehead atoms. The molecule has 9 rings (SSSR count). The van der Waals surface area contributed by atoms with Crippen molar-refractivity contribution < 1.29 is 65.6 Å². The number of pyridine rings is 3. The first-order chi connectivity index (χ1) is 31.7. The first kappa shape index (κ1) is 46.7. The van der Waals surface area contributed by atoms with Crippen molar-refractivity contribution >= 4 is 105 Å². The highest BCUT2D eigenvalue weighted by Crippen LogP contribution is 2.47. The third-order valence-corrected chi connectivity index (χ3v) is 13.0. The monoisotopic (exact) mass is 963 g/mol. The predicted octanol–water partition coefficient (Wildman–Crippen LogP) is 8.54. The molecular weight excluding hydrogens is 931 g/mol. The Balaban J connectivity index is 0.000000148. The number of carboxylic acid groups (broad SMARTS) is 1. The summed E-state index contributed by atoms with van der Waals surface area (Å²) in [5.41, 5.74) is 1.61. The third-order valence-electron chi connectivity index (χ3n) is 9.66. The maximum Gasteiger partial charge on any atom is 0.345 e. The topological polar surface area (TPSA) is 205 Å². The lowest BCUT2D eigenvalue weighted by Crippen LogP contribution is -2.27. The Hall–Kier alpha value is -7.30. The number of alkyl halides is 4. The van der Waals surface area contributed by atoms with Crippen LogP contribution in [0.2, 0.25) is 0 Å². The average Bonchev–Trinajstić information content (AvgIpc) is 4.09. The van der Waals surface area contributed by atoms with Crippen molar-refractivity contribution in [2.75, 3.05) is 41.5 Å². The van der Waals surface area contributed by atoms with Gasteiger partial charge < -0.3 is 34.7 Å². The second-order valence-corrected chi connectivity index (χ2v) is 16.7. The molecule has 340 valence electrons. The molecule has 1 aliphatic carbocycles. The summed E-state index contributed by atoms with van der Waals surface area (Å²) in [6, 6.07) is 14.8. The molecule has 0 radical (unpaired) electrons. The van der Waals surface area contributed by atoms with E-state index in [0.29, 0.717) is 49.0 Å². The van der Waals surface area contributed by atoms with E-state index in [2.05, 4.69) is 20.3 Å². The Morgan fingerprint density at radius 1 is 0.591 bits per heavy atom. The van der Waals surface area contributed by atoms with Crippen LogP contribution in [0.4, 0.5) is 17.6 Å². The highest BCUT2D eigenvalue weighted by Gasteiger charge is 2.34. The molecular formula is C44H33F4N5O10S3.